The van der Waals surface area contributed by atoms with Crippen molar-refractivity contribution < 1.29 is 0 Å². The normalized spacial score (nSPS) is 10.8. The molecule has 0 fully saturated rings. The fraction of sp³-hybridized carbons (Fsp3) is 0.118. The smallest absolute Gasteiger partial charge is 0.258 e. The Kier molecular flexibility index (Phi) is 2.71. The maximum absolute atomic E-state index is 12.2. The average Bonchev–Trinajstić information content (AvgIpc) is 2.44. The molecule has 0 saturated heterocycles. The Hall–Kier alpha value is -2.35. The van der Waals surface area contributed by atoms with Gasteiger partial charge in [-0.25, -0.2) is 0 Å². The van der Waals surface area contributed by atoms with Gasteiger partial charge >= 0.3 is 0 Å². The molecule has 0 aliphatic carbocycles. The molecule has 0 aliphatic rings. The molecule has 0 aliphatic heterocycles. The van der Waals surface area contributed by atoms with Crippen LogP contribution in [0.25, 0.3) is 21.9 Å². The lowest BCUT2D eigenvalue weighted by atomic mass is 9.97. The van der Waals surface area contributed by atoms with E-state index < -0.39 is 0 Å². The number of fused-ring (bicyclic) bond motifs is 1. The molecule has 2 heteroatoms. The average molecular weight is 249 g/mol. The van der Waals surface area contributed by atoms with E-state index >= 15 is 0 Å². The van der Waals surface area contributed by atoms with Crippen molar-refractivity contribution in [3.05, 3.63) is 70.6 Å². The summed E-state index contributed by atoms with van der Waals surface area (Å²) in [5, 5.41) is 1.78. The van der Waals surface area contributed by atoms with Gasteiger partial charge in [0.2, 0.25) is 0 Å². The van der Waals surface area contributed by atoms with Crippen LogP contribution in [-0.4, -0.2) is 4.57 Å². The van der Waals surface area contributed by atoms with E-state index in [2.05, 4.69) is 19.1 Å². The summed E-state index contributed by atoms with van der Waals surface area (Å²) in [6.45, 7) is 2.09. The predicted molar refractivity (Wildman–Crippen MR) is 79.4 cm³/mol. The SMILES string of the molecule is Cc1ccccc1-c1cn(C)c(=O)c2ccccc12. The summed E-state index contributed by atoms with van der Waals surface area (Å²) < 4.78 is 1.66. The quantitative estimate of drug-likeness (QED) is 0.647. The number of nitrogens with zero attached hydrogens (tertiary/aromatic N) is 1. The van der Waals surface area contributed by atoms with Crippen molar-refractivity contribution in [2.75, 3.05) is 0 Å². The van der Waals surface area contributed by atoms with E-state index in [-0.39, 0.29) is 5.56 Å². The van der Waals surface area contributed by atoms with Crippen LogP contribution in [0.5, 0.6) is 0 Å². The van der Waals surface area contributed by atoms with Crippen LogP contribution in [0.3, 0.4) is 0 Å². The third-order valence-electron chi connectivity index (χ3n) is 3.53. The Morgan fingerprint density at radius 2 is 1.47 bits per heavy atom. The van der Waals surface area contributed by atoms with Crippen LogP contribution in [-0.2, 0) is 7.05 Å². The maximum Gasteiger partial charge on any atom is 0.258 e. The highest BCUT2D eigenvalue weighted by Crippen LogP contribution is 2.28. The van der Waals surface area contributed by atoms with Gasteiger partial charge in [-0.2, -0.15) is 0 Å². The minimum absolute atomic E-state index is 0.0490. The fourth-order valence-corrected chi connectivity index (χ4v) is 2.51. The molecule has 0 atom stereocenters. The second-order valence-electron chi connectivity index (χ2n) is 4.82. The van der Waals surface area contributed by atoms with Gasteiger partial charge in [0.25, 0.3) is 5.56 Å². The number of aromatic nitrogens is 1. The zero-order valence-electron chi connectivity index (χ0n) is 11.1. The van der Waals surface area contributed by atoms with Crippen LogP contribution in [0, 0.1) is 6.92 Å². The van der Waals surface area contributed by atoms with Crippen LogP contribution in [0.15, 0.2) is 59.5 Å². The standard InChI is InChI=1S/C17H15NO/c1-12-7-3-4-8-13(12)16-11-18(2)17(19)15-10-6-5-9-14(15)16/h3-11H,1-2H3. The second kappa shape index (κ2) is 4.39. The molecule has 0 saturated carbocycles. The Bertz CT molecular complexity index is 815. The van der Waals surface area contributed by atoms with E-state index in [9.17, 15) is 4.79 Å². The molecule has 0 unspecified atom stereocenters. The van der Waals surface area contributed by atoms with Crippen molar-refractivity contribution in [3.63, 3.8) is 0 Å². The van der Waals surface area contributed by atoms with Crippen molar-refractivity contribution in [1.82, 2.24) is 4.57 Å². The molecule has 0 spiro atoms. The molecule has 2 aromatic carbocycles. The Morgan fingerprint density at radius 1 is 0.842 bits per heavy atom. The zero-order chi connectivity index (χ0) is 13.4. The van der Waals surface area contributed by atoms with Gasteiger partial charge in [0.1, 0.15) is 0 Å². The lowest BCUT2D eigenvalue weighted by Crippen LogP contribution is -2.16. The Balaban J connectivity index is 2.46. The van der Waals surface area contributed by atoms with Crippen LogP contribution in [0.1, 0.15) is 5.56 Å². The van der Waals surface area contributed by atoms with Crippen molar-refractivity contribution >= 4 is 10.8 Å². The van der Waals surface area contributed by atoms with Gasteiger partial charge in [-0.3, -0.25) is 4.79 Å². The van der Waals surface area contributed by atoms with Gasteiger partial charge in [0, 0.05) is 24.2 Å². The molecule has 94 valence electrons. The van der Waals surface area contributed by atoms with Crippen LogP contribution in [0.2, 0.25) is 0 Å². The van der Waals surface area contributed by atoms with E-state index in [4.69, 9.17) is 0 Å². The maximum atomic E-state index is 12.2. The predicted octanol–water partition coefficient (Wildman–Crippen LogP) is 3.51. The summed E-state index contributed by atoms with van der Waals surface area (Å²) in [6, 6.07) is 16.0. The molecule has 19 heavy (non-hydrogen) atoms. The number of hydrogen-bond donors (Lipinski definition) is 0. The van der Waals surface area contributed by atoms with Gasteiger partial charge in [-0.15, -0.1) is 0 Å². The van der Waals surface area contributed by atoms with Crippen LogP contribution in [0.4, 0.5) is 0 Å². The highest BCUT2D eigenvalue weighted by molar-refractivity contribution is 5.96. The van der Waals surface area contributed by atoms with Crippen molar-refractivity contribution in [2.24, 2.45) is 7.05 Å². The molecule has 0 N–H and O–H groups in total. The number of pyridine rings is 1. The first-order valence-corrected chi connectivity index (χ1v) is 6.33. The molecular weight excluding hydrogens is 234 g/mol. The third kappa shape index (κ3) is 1.85. The molecule has 0 radical (unpaired) electrons. The molecule has 0 bridgehead atoms. The molecule has 3 rings (SSSR count). The molecule has 0 amide bonds. The molecule has 2 nitrogen and oxygen atoms in total. The first kappa shape index (κ1) is 11.7. The van der Waals surface area contributed by atoms with Gasteiger partial charge < -0.3 is 4.57 Å². The van der Waals surface area contributed by atoms with Gasteiger partial charge in [0.15, 0.2) is 0 Å². The number of benzene rings is 2. The van der Waals surface area contributed by atoms with E-state index in [0.717, 1.165) is 16.3 Å². The summed E-state index contributed by atoms with van der Waals surface area (Å²) >= 11 is 0. The molecule has 3 aromatic rings. The van der Waals surface area contributed by atoms with Gasteiger partial charge in [-0.05, 0) is 29.5 Å². The number of hydrogen-bond acceptors (Lipinski definition) is 1. The van der Waals surface area contributed by atoms with E-state index in [1.54, 1.807) is 11.6 Å². The lowest BCUT2D eigenvalue weighted by molar-refractivity contribution is 0.874. The minimum atomic E-state index is 0.0490. The zero-order valence-corrected chi connectivity index (χ0v) is 11.1. The van der Waals surface area contributed by atoms with E-state index in [0.29, 0.717) is 0 Å². The first-order valence-electron chi connectivity index (χ1n) is 6.33. The van der Waals surface area contributed by atoms with Gasteiger partial charge in [0.05, 0.1) is 0 Å². The summed E-state index contributed by atoms with van der Waals surface area (Å²) in [5.74, 6) is 0. The third-order valence-corrected chi connectivity index (χ3v) is 3.53. The van der Waals surface area contributed by atoms with Crippen LogP contribution < -0.4 is 5.56 Å². The summed E-state index contributed by atoms with van der Waals surface area (Å²) in [4.78, 5) is 12.2. The topological polar surface area (TPSA) is 22.0 Å². The number of aryl methyl sites for hydroxylation is 2. The van der Waals surface area contributed by atoms with Crippen molar-refractivity contribution in [2.45, 2.75) is 6.92 Å². The lowest BCUT2D eigenvalue weighted by Gasteiger charge is -2.11. The summed E-state index contributed by atoms with van der Waals surface area (Å²) in [7, 11) is 1.80. The largest absolute Gasteiger partial charge is 0.317 e. The first-order chi connectivity index (χ1) is 9.18. The van der Waals surface area contributed by atoms with E-state index in [1.807, 2.05) is 42.6 Å². The molecule has 1 aromatic heterocycles. The van der Waals surface area contributed by atoms with Crippen LogP contribution >= 0.6 is 0 Å². The monoisotopic (exact) mass is 249 g/mol. The van der Waals surface area contributed by atoms with Crippen molar-refractivity contribution in [3.8, 4) is 11.1 Å². The fourth-order valence-electron chi connectivity index (χ4n) is 2.51. The highest BCUT2D eigenvalue weighted by atomic mass is 16.1. The second-order valence-corrected chi connectivity index (χ2v) is 4.82. The van der Waals surface area contributed by atoms with Gasteiger partial charge in [-0.1, -0.05) is 42.5 Å². The summed E-state index contributed by atoms with van der Waals surface area (Å²) in [5.41, 5.74) is 3.55. The molecule has 1 heterocycles. The minimum Gasteiger partial charge on any atom is -0.317 e. The molecular formula is C17H15NO. The Labute approximate surface area is 111 Å². The number of rotatable bonds is 1. The van der Waals surface area contributed by atoms with Crippen molar-refractivity contribution in [1.29, 1.82) is 0 Å². The van der Waals surface area contributed by atoms with E-state index in [1.165, 1.54) is 11.1 Å². The highest BCUT2D eigenvalue weighted by Gasteiger charge is 2.09. The summed E-state index contributed by atoms with van der Waals surface area (Å²) in [6.07, 6.45) is 1.92. The Morgan fingerprint density at radius 3 is 2.21 bits per heavy atom.